The lowest BCUT2D eigenvalue weighted by Gasteiger charge is -2.21. The van der Waals surface area contributed by atoms with Crippen molar-refractivity contribution in [1.82, 2.24) is 0 Å². The molecule has 19 heteroatoms. The molecule has 3 N–H and O–H groups in total. The Morgan fingerprint density at radius 2 is 0.489 bits per heavy atom. The second-order valence-corrected chi connectivity index (χ2v) is 28.9. The van der Waals surface area contributed by atoms with Crippen LogP contribution in [0.15, 0.2) is 36.5 Å². The topological polar surface area (TPSA) is 237 Å². The maximum absolute atomic E-state index is 13.1. The normalized spacial score (nSPS) is 14.2. The number of aliphatic hydroxyl groups excluding tert-OH is 1. The molecule has 0 aromatic rings. The van der Waals surface area contributed by atoms with Crippen LogP contribution in [0.5, 0.6) is 0 Å². The van der Waals surface area contributed by atoms with Gasteiger partial charge in [-0.15, -0.1) is 0 Å². The molecule has 94 heavy (non-hydrogen) atoms. The minimum atomic E-state index is -4.96. The lowest BCUT2D eigenvalue weighted by atomic mass is 10.0. The summed E-state index contributed by atoms with van der Waals surface area (Å²) in [7, 11) is -9.93. The summed E-state index contributed by atoms with van der Waals surface area (Å²) in [5.74, 6) is -2.16. The van der Waals surface area contributed by atoms with Gasteiger partial charge in [0.2, 0.25) is 0 Å². The Morgan fingerprint density at radius 1 is 0.287 bits per heavy atom. The average molecular weight is 1380 g/mol. The Balaban J connectivity index is 5.30. The van der Waals surface area contributed by atoms with Gasteiger partial charge in [0.25, 0.3) is 0 Å². The van der Waals surface area contributed by atoms with E-state index in [1.165, 1.54) is 148 Å². The van der Waals surface area contributed by atoms with Crippen LogP contribution in [0.4, 0.5) is 0 Å². The average Bonchev–Trinajstić information content (AvgIpc) is 1.67. The molecule has 0 rings (SSSR count). The molecule has 0 aliphatic heterocycles. The fraction of sp³-hybridized carbons (Fsp3) is 0.867. The number of carbonyl (C=O) groups is 4. The molecule has 0 fully saturated rings. The third-order valence-electron chi connectivity index (χ3n) is 16.6. The van der Waals surface area contributed by atoms with Crippen molar-refractivity contribution in [1.29, 1.82) is 0 Å². The summed E-state index contributed by atoms with van der Waals surface area (Å²) in [6.07, 6.45) is 62.7. The third-order valence-corrected chi connectivity index (χ3v) is 18.5. The lowest BCUT2D eigenvalue weighted by molar-refractivity contribution is -0.161. The SMILES string of the molecule is CCCCCC/C=C\CCCCCCCCCC(=O)OC[C@H](COP(=O)(O)OC[C@@H](O)COP(=O)(O)OC[C@@H](COC(=O)CCCCCCCCCCCCCCC)OC(=O)CCCCCCC/C=C\CCCCCC)OC(=O)CCCCCCC/C=C\CCCCCC. The smallest absolute Gasteiger partial charge is 0.462 e. The van der Waals surface area contributed by atoms with Crippen LogP contribution in [0, 0.1) is 0 Å². The van der Waals surface area contributed by atoms with Crippen LogP contribution in [0.25, 0.3) is 0 Å². The number of hydrogen-bond donors (Lipinski definition) is 3. The first kappa shape index (κ1) is 91.3. The van der Waals surface area contributed by atoms with E-state index in [1.54, 1.807) is 0 Å². The van der Waals surface area contributed by atoms with E-state index in [9.17, 15) is 43.2 Å². The molecule has 0 spiro atoms. The van der Waals surface area contributed by atoms with Crippen molar-refractivity contribution in [3.63, 3.8) is 0 Å². The van der Waals surface area contributed by atoms with E-state index >= 15 is 0 Å². The zero-order chi connectivity index (χ0) is 69.0. The fourth-order valence-corrected chi connectivity index (χ4v) is 12.3. The van der Waals surface area contributed by atoms with Crippen LogP contribution >= 0.6 is 15.6 Å². The van der Waals surface area contributed by atoms with Gasteiger partial charge in [0.05, 0.1) is 26.4 Å². The summed E-state index contributed by atoms with van der Waals surface area (Å²) in [5.41, 5.74) is 0. The number of phosphoric ester groups is 2. The number of carbonyl (C=O) groups excluding carboxylic acids is 4. The van der Waals surface area contributed by atoms with Gasteiger partial charge in [0.1, 0.15) is 19.3 Å². The first-order valence-corrected chi connectivity index (χ1v) is 41.2. The Labute approximate surface area is 573 Å². The van der Waals surface area contributed by atoms with E-state index in [1.807, 2.05) is 0 Å². The van der Waals surface area contributed by atoms with E-state index in [0.717, 1.165) is 135 Å². The van der Waals surface area contributed by atoms with Crippen molar-refractivity contribution in [3.05, 3.63) is 36.5 Å². The van der Waals surface area contributed by atoms with Crippen molar-refractivity contribution in [3.8, 4) is 0 Å². The highest BCUT2D eigenvalue weighted by atomic mass is 31.2. The van der Waals surface area contributed by atoms with Crippen molar-refractivity contribution in [2.45, 2.75) is 380 Å². The Hall–Kier alpha value is -2.72. The van der Waals surface area contributed by atoms with E-state index in [0.29, 0.717) is 25.7 Å². The minimum absolute atomic E-state index is 0.0900. The maximum Gasteiger partial charge on any atom is 0.472 e. The fourth-order valence-electron chi connectivity index (χ4n) is 10.7. The first-order valence-electron chi connectivity index (χ1n) is 38.2. The summed E-state index contributed by atoms with van der Waals surface area (Å²) in [6, 6.07) is 0. The maximum atomic E-state index is 13.1. The van der Waals surface area contributed by atoms with Gasteiger partial charge in [-0.2, -0.15) is 0 Å². The summed E-state index contributed by atoms with van der Waals surface area (Å²) < 4.78 is 68.4. The van der Waals surface area contributed by atoms with Gasteiger partial charge in [-0.3, -0.25) is 37.3 Å². The van der Waals surface area contributed by atoms with Crippen LogP contribution in [-0.2, 0) is 65.4 Å². The second kappa shape index (κ2) is 68.8. The Morgan fingerprint density at radius 3 is 0.745 bits per heavy atom. The van der Waals surface area contributed by atoms with E-state index in [2.05, 4.69) is 64.2 Å². The number of allylic oxidation sites excluding steroid dienone is 6. The summed E-state index contributed by atoms with van der Waals surface area (Å²) in [6.45, 7) is 4.87. The zero-order valence-corrected chi connectivity index (χ0v) is 61.9. The standard InChI is InChI=1S/C75H140O17P2/c1-5-9-13-17-21-25-29-33-34-38-40-44-48-52-56-60-73(78)86-66-71(92-75(80)62-58-54-50-46-42-37-32-28-24-20-16-12-8-4)68-90-94(83,84)88-64-69(76)63-87-93(81,82)89-67-70(91-74(79)61-57-53-49-45-41-36-31-27-23-19-15-11-7-3)65-85-72(77)59-55-51-47-43-39-35-30-26-22-18-14-10-6-2/h25,27-29,31-32,69-71,76H,5-24,26,30,33-68H2,1-4H3,(H,81,82)(H,83,84)/b29-25-,31-27-,32-28-/t69-,70+,71+/m0/s1. The number of aliphatic hydroxyl groups is 1. The van der Waals surface area contributed by atoms with Gasteiger partial charge in [-0.1, -0.05) is 270 Å². The Bertz CT molecular complexity index is 1930. The molecular weight excluding hydrogens is 1230 g/mol. The van der Waals surface area contributed by atoms with Gasteiger partial charge in [-0.05, 0) is 103 Å². The number of ether oxygens (including phenoxy) is 4. The Kier molecular flexibility index (Phi) is 66.8. The largest absolute Gasteiger partial charge is 0.472 e. The van der Waals surface area contributed by atoms with Crippen LogP contribution in [0.3, 0.4) is 0 Å². The summed E-state index contributed by atoms with van der Waals surface area (Å²) >= 11 is 0. The number of esters is 4. The highest BCUT2D eigenvalue weighted by Crippen LogP contribution is 2.45. The van der Waals surface area contributed by atoms with Gasteiger partial charge in [-0.25, -0.2) is 9.13 Å². The van der Waals surface area contributed by atoms with Crippen molar-refractivity contribution < 1.29 is 80.2 Å². The third kappa shape index (κ3) is 67.8. The van der Waals surface area contributed by atoms with Gasteiger partial charge < -0.3 is 33.8 Å². The quantitative estimate of drug-likeness (QED) is 0.0169. The van der Waals surface area contributed by atoms with E-state index in [4.69, 9.17) is 37.0 Å². The molecule has 0 aromatic carbocycles. The molecule has 0 heterocycles. The molecule has 5 atom stereocenters. The van der Waals surface area contributed by atoms with Crippen molar-refractivity contribution in [2.75, 3.05) is 39.6 Å². The molecule has 552 valence electrons. The molecule has 0 bridgehead atoms. The summed E-state index contributed by atoms with van der Waals surface area (Å²) in [5, 5.41) is 10.6. The molecule has 2 unspecified atom stereocenters. The molecule has 0 saturated heterocycles. The van der Waals surface area contributed by atoms with Gasteiger partial charge in [0.15, 0.2) is 12.2 Å². The molecule has 0 aliphatic carbocycles. The van der Waals surface area contributed by atoms with Gasteiger partial charge in [0, 0.05) is 25.7 Å². The molecule has 17 nitrogen and oxygen atoms in total. The molecule has 0 saturated carbocycles. The number of rotatable bonds is 73. The molecular formula is C75H140O17P2. The molecule has 0 amide bonds. The zero-order valence-electron chi connectivity index (χ0n) is 60.2. The molecule has 0 radical (unpaired) electrons. The molecule has 0 aromatic heterocycles. The predicted octanol–water partition coefficient (Wildman–Crippen LogP) is 21.6. The van der Waals surface area contributed by atoms with Crippen LogP contribution in [0.2, 0.25) is 0 Å². The second-order valence-electron chi connectivity index (χ2n) is 25.9. The number of hydrogen-bond acceptors (Lipinski definition) is 15. The van der Waals surface area contributed by atoms with Crippen molar-refractivity contribution in [2.24, 2.45) is 0 Å². The van der Waals surface area contributed by atoms with E-state index in [-0.39, 0.29) is 25.7 Å². The van der Waals surface area contributed by atoms with Crippen LogP contribution < -0.4 is 0 Å². The minimum Gasteiger partial charge on any atom is -0.462 e. The van der Waals surface area contributed by atoms with Crippen molar-refractivity contribution >= 4 is 39.5 Å². The first-order chi connectivity index (χ1) is 45.7. The number of phosphoric acid groups is 2. The highest BCUT2D eigenvalue weighted by Gasteiger charge is 2.30. The number of unbranched alkanes of at least 4 members (excludes halogenated alkanes) is 41. The molecule has 0 aliphatic rings. The van der Waals surface area contributed by atoms with Crippen LogP contribution in [-0.4, -0.2) is 96.7 Å². The van der Waals surface area contributed by atoms with Crippen LogP contribution in [0.1, 0.15) is 362 Å². The highest BCUT2D eigenvalue weighted by molar-refractivity contribution is 7.47. The van der Waals surface area contributed by atoms with E-state index < -0.39 is 97.5 Å². The van der Waals surface area contributed by atoms with Gasteiger partial charge >= 0.3 is 39.5 Å². The predicted molar refractivity (Wildman–Crippen MR) is 381 cm³/mol. The monoisotopic (exact) mass is 1370 g/mol. The summed E-state index contributed by atoms with van der Waals surface area (Å²) in [4.78, 5) is 72.7. The lowest BCUT2D eigenvalue weighted by Crippen LogP contribution is -2.30.